The van der Waals surface area contributed by atoms with Gasteiger partial charge in [0.15, 0.2) is 0 Å². The molecule has 122 valence electrons. The Hall–Kier alpha value is -1.95. The number of nitrogens with zero attached hydrogens (tertiary/aromatic N) is 2. The molecule has 1 saturated heterocycles. The summed E-state index contributed by atoms with van der Waals surface area (Å²) in [5.41, 5.74) is 0.934. The normalized spacial score (nSPS) is 15.5. The first-order chi connectivity index (χ1) is 10.7. The number of hydrogen-bond donors (Lipinski definition) is 1. The van der Waals surface area contributed by atoms with Gasteiger partial charge in [-0.15, -0.1) is 0 Å². The minimum absolute atomic E-state index is 0.0198. The monoisotopic (exact) mass is 307 g/mol. The van der Waals surface area contributed by atoms with E-state index in [-0.39, 0.29) is 6.03 Å². The zero-order chi connectivity index (χ0) is 15.9. The number of carbonyl (C=O) groups excluding carboxylic acids is 1. The van der Waals surface area contributed by atoms with E-state index in [1.807, 2.05) is 23.1 Å². The van der Waals surface area contributed by atoms with Gasteiger partial charge >= 0.3 is 6.03 Å². The molecule has 0 bridgehead atoms. The van der Waals surface area contributed by atoms with Gasteiger partial charge in [0.2, 0.25) is 0 Å². The Balaban J connectivity index is 1.88. The number of nitrogens with one attached hydrogen (secondary N) is 1. The number of ether oxygens (including phenoxy) is 2. The fourth-order valence-electron chi connectivity index (χ4n) is 2.55. The van der Waals surface area contributed by atoms with Crippen molar-refractivity contribution >= 4 is 6.03 Å². The number of urea groups is 1. The van der Waals surface area contributed by atoms with Crippen LogP contribution < -0.4 is 14.8 Å². The maximum Gasteiger partial charge on any atom is 0.317 e. The van der Waals surface area contributed by atoms with Crippen molar-refractivity contribution < 1.29 is 14.3 Å². The third-order valence-electron chi connectivity index (χ3n) is 4.03. The van der Waals surface area contributed by atoms with Gasteiger partial charge in [-0.3, -0.25) is 0 Å². The Morgan fingerprint density at radius 3 is 2.50 bits per heavy atom. The van der Waals surface area contributed by atoms with Crippen molar-refractivity contribution in [2.75, 3.05) is 46.9 Å². The molecule has 1 N–H and O–H groups in total. The smallest absolute Gasteiger partial charge is 0.317 e. The van der Waals surface area contributed by atoms with Gasteiger partial charge in [0.25, 0.3) is 0 Å². The van der Waals surface area contributed by atoms with Crippen LogP contribution in [0.1, 0.15) is 12.5 Å². The summed E-state index contributed by atoms with van der Waals surface area (Å²) < 4.78 is 10.5. The lowest BCUT2D eigenvalue weighted by Crippen LogP contribution is -2.51. The number of hydrogen-bond acceptors (Lipinski definition) is 4. The minimum atomic E-state index is -0.0198. The third-order valence-corrected chi connectivity index (χ3v) is 4.03. The van der Waals surface area contributed by atoms with Crippen molar-refractivity contribution in [3.8, 4) is 11.5 Å². The van der Waals surface area contributed by atoms with Crippen LogP contribution in [0.25, 0.3) is 0 Å². The fraction of sp³-hybridized carbons (Fsp3) is 0.562. The summed E-state index contributed by atoms with van der Waals surface area (Å²) in [4.78, 5) is 16.4. The van der Waals surface area contributed by atoms with Crippen molar-refractivity contribution in [3.05, 3.63) is 23.8 Å². The molecular weight excluding hydrogens is 282 g/mol. The molecule has 0 saturated carbocycles. The van der Waals surface area contributed by atoms with Crippen LogP contribution in [-0.2, 0) is 6.54 Å². The molecule has 1 aromatic carbocycles. The van der Waals surface area contributed by atoms with E-state index in [1.165, 1.54) is 0 Å². The number of carbonyl (C=O) groups is 1. The van der Waals surface area contributed by atoms with Crippen LogP contribution in [0.4, 0.5) is 4.79 Å². The Morgan fingerprint density at radius 2 is 1.91 bits per heavy atom. The van der Waals surface area contributed by atoms with E-state index in [4.69, 9.17) is 9.47 Å². The molecule has 0 spiro atoms. The molecule has 22 heavy (non-hydrogen) atoms. The first-order valence-electron chi connectivity index (χ1n) is 7.64. The average molecular weight is 307 g/mol. The molecule has 1 aliphatic heterocycles. The topological polar surface area (TPSA) is 54.0 Å². The largest absolute Gasteiger partial charge is 0.497 e. The predicted octanol–water partition coefficient (Wildman–Crippen LogP) is 1.55. The molecule has 0 unspecified atom stereocenters. The molecule has 2 amide bonds. The average Bonchev–Trinajstić information content (AvgIpc) is 2.59. The molecular formula is C16H25N3O3. The number of amides is 2. The van der Waals surface area contributed by atoms with E-state index in [9.17, 15) is 4.79 Å². The summed E-state index contributed by atoms with van der Waals surface area (Å²) in [6.45, 7) is 7.06. The molecule has 1 heterocycles. The number of likely N-dealkylation sites (N-methyl/N-ethyl adjacent to an activating group) is 1. The summed E-state index contributed by atoms with van der Waals surface area (Å²) >= 11 is 0. The summed E-state index contributed by atoms with van der Waals surface area (Å²) in [7, 11) is 3.23. The Morgan fingerprint density at radius 1 is 1.18 bits per heavy atom. The SMILES string of the molecule is CCN1CCN(C(=O)NCc2ccc(OC)cc2OC)CC1. The van der Waals surface area contributed by atoms with Gasteiger partial charge in [0.1, 0.15) is 11.5 Å². The molecule has 6 heteroatoms. The standard InChI is InChI=1S/C16H25N3O3/c1-4-18-7-9-19(10-8-18)16(20)17-12-13-5-6-14(21-2)11-15(13)22-3/h5-6,11H,4,7-10,12H2,1-3H3,(H,17,20). The zero-order valence-corrected chi connectivity index (χ0v) is 13.6. The highest BCUT2D eigenvalue weighted by atomic mass is 16.5. The number of piperazine rings is 1. The fourth-order valence-corrected chi connectivity index (χ4v) is 2.55. The van der Waals surface area contributed by atoms with E-state index < -0.39 is 0 Å². The van der Waals surface area contributed by atoms with Crippen LogP contribution in [0.3, 0.4) is 0 Å². The lowest BCUT2D eigenvalue weighted by molar-refractivity contribution is 0.142. The third kappa shape index (κ3) is 4.04. The first kappa shape index (κ1) is 16.4. The molecule has 0 aromatic heterocycles. The van der Waals surface area contributed by atoms with Gasteiger partial charge < -0.3 is 24.6 Å². The molecule has 2 rings (SSSR count). The minimum Gasteiger partial charge on any atom is -0.497 e. The lowest BCUT2D eigenvalue weighted by Gasteiger charge is -2.34. The van der Waals surface area contributed by atoms with Crippen molar-refractivity contribution in [1.82, 2.24) is 15.1 Å². The summed E-state index contributed by atoms with van der Waals surface area (Å²) in [5, 5.41) is 2.96. The maximum absolute atomic E-state index is 12.2. The van der Waals surface area contributed by atoms with Gasteiger partial charge in [-0.2, -0.15) is 0 Å². The van der Waals surface area contributed by atoms with Gasteiger partial charge in [-0.25, -0.2) is 4.79 Å². The summed E-state index contributed by atoms with van der Waals surface area (Å²) in [6.07, 6.45) is 0. The van der Waals surface area contributed by atoms with Crippen molar-refractivity contribution in [3.63, 3.8) is 0 Å². The van der Waals surface area contributed by atoms with Crippen LogP contribution in [0.5, 0.6) is 11.5 Å². The first-order valence-corrected chi connectivity index (χ1v) is 7.64. The van der Waals surface area contributed by atoms with Crippen LogP contribution >= 0.6 is 0 Å². The Bertz CT molecular complexity index is 499. The molecule has 0 radical (unpaired) electrons. The molecule has 1 aromatic rings. The van der Waals surface area contributed by atoms with Crippen LogP contribution in [0, 0.1) is 0 Å². The van der Waals surface area contributed by atoms with Gasteiger partial charge in [-0.05, 0) is 18.7 Å². The quantitative estimate of drug-likeness (QED) is 0.897. The van der Waals surface area contributed by atoms with Gasteiger partial charge in [-0.1, -0.05) is 6.92 Å². The second-order valence-electron chi connectivity index (χ2n) is 5.26. The molecule has 6 nitrogen and oxygen atoms in total. The van der Waals surface area contributed by atoms with Crippen molar-refractivity contribution in [1.29, 1.82) is 0 Å². The molecule has 1 aliphatic rings. The summed E-state index contributed by atoms with van der Waals surface area (Å²) in [5.74, 6) is 1.46. The van der Waals surface area contributed by atoms with Gasteiger partial charge in [0.05, 0.1) is 14.2 Å². The second-order valence-corrected chi connectivity index (χ2v) is 5.26. The van der Waals surface area contributed by atoms with E-state index in [0.29, 0.717) is 6.54 Å². The van der Waals surface area contributed by atoms with Crippen LogP contribution in [-0.4, -0.2) is 62.8 Å². The van der Waals surface area contributed by atoms with Gasteiger partial charge in [0, 0.05) is 44.4 Å². The van der Waals surface area contributed by atoms with Crippen molar-refractivity contribution in [2.24, 2.45) is 0 Å². The highest BCUT2D eigenvalue weighted by Gasteiger charge is 2.20. The van der Waals surface area contributed by atoms with E-state index in [2.05, 4.69) is 17.1 Å². The highest BCUT2D eigenvalue weighted by Crippen LogP contribution is 2.24. The second kappa shape index (κ2) is 7.89. The highest BCUT2D eigenvalue weighted by molar-refractivity contribution is 5.74. The van der Waals surface area contributed by atoms with E-state index in [0.717, 1.165) is 49.8 Å². The Labute approximate surface area is 132 Å². The van der Waals surface area contributed by atoms with Crippen LogP contribution in [0.15, 0.2) is 18.2 Å². The van der Waals surface area contributed by atoms with E-state index >= 15 is 0 Å². The van der Waals surface area contributed by atoms with E-state index in [1.54, 1.807) is 14.2 Å². The maximum atomic E-state index is 12.2. The van der Waals surface area contributed by atoms with Crippen LogP contribution in [0.2, 0.25) is 0 Å². The molecule has 0 aliphatic carbocycles. The molecule has 1 fully saturated rings. The number of benzene rings is 1. The predicted molar refractivity (Wildman–Crippen MR) is 85.5 cm³/mol. The summed E-state index contributed by atoms with van der Waals surface area (Å²) in [6, 6.07) is 5.58. The molecule has 0 atom stereocenters. The Kier molecular flexibility index (Phi) is 5.89. The lowest BCUT2D eigenvalue weighted by atomic mass is 10.2. The van der Waals surface area contributed by atoms with Crippen molar-refractivity contribution in [2.45, 2.75) is 13.5 Å². The zero-order valence-electron chi connectivity index (χ0n) is 13.6. The number of methoxy groups -OCH3 is 2. The number of rotatable bonds is 5.